The van der Waals surface area contributed by atoms with Gasteiger partial charge in [0.1, 0.15) is 11.1 Å². The van der Waals surface area contributed by atoms with Gasteiger partial charge in [-0.1, -0.05) is 26.7 Å². The molecule has 1 heterocycles. The zero-order chi connectivity index (χ0) is 17.4. The lowest BCUT2D eigenvalue weighted by Gasteiger charge is -2.21. The van der Waals surface area contributed by atoms with Crippen molar-refractivity contribution in [2.45, 2.75) is 65.2 Å². The van der Waals surface area contributed by atoms with Gasteiger partial charge in [0.05, 0.1) is 12.1 Å². The lowest BCUT2D eigenvalue weighted by atomic mass is 9.96. The maximum absolute atomic E-state index is 12.5. The molecule has 1 N–H and O–H groups in total. The van der Waals surface area contributed by atoms with Crippen molar-refractivity contribution in [3.05, 3.63) is 16.0 Å². The molecule has 1 aliphatic rings. The number of nitrogens with one attached hydrogen (secondary N) is 1. The van der Waals surface area contributed by atoms with Gasteiger partial charge in [-0.2, -0.15) is 5.26 Å². The van der Waals surface area contributed by atoms with Crippen molar-refractivity contribution in [1.29, 1.82) is 5.26 Å². The summed E-state index contributed by atoms with van der Waals surface area (Å²) in [6, 6.07) is 2.31. The largest absolute Gasteiger partial charge is 0.315 e. The number of thiophene rings is 1. The third kappa shape index (κ3) is 5.06. The zero-order valence-corrected chi connectivity index (χ0v) is 15.8. The number of unbranched alkanes of at least 4 members (excludes halogenated alkanes) is 2. The number of anilines is 1. The standard InChI is InChI=1S/C19H29N3OS/c1-3-5-11-22(12-6-4-2)14-18(23)21-19-16(13-20)15-9-7-8-10-17(15)24-19/h3-12,14H2,1-2H3,(H,21,23). The summed E-state index contributed by atoms with van der Waals surface area (Å²) in [5.74, 6) is 0.0114. The van der Waals surface area contributed by atoms with E-state index in [9.17, 15) is 10.1 Å². The molecule has 4 nitrogen and oxygen atoms in total. The number of amides is 1. The van der Waals surface area contributed by atoms with Crippen LogP contribution in [0.15, 0.2) is 0 Å². The summed E-state index contributed by atoms with van der Waals surface area (Å²) in [6.07, 6.45) is 8.87. The minimum absolute atomic E-state index is 0.0114. The highest BCUT2D eigenvalue weighted by Crippen LogP contribution is 2.37. The number of hydrogen-bond donors (Lipinski definition) is 1. The van der Waals surface area contributed by atoms with Crippen LogP contribution in [-0.4, -0.2) is 30.4 Å². The maximum Gasteiger partial charge on any atom is 0.239 e. The Balaban J connectivity index is 2.00. The molecule has 0 fully saturated rings. The Hall–Kier alpha value is -1.38. The first-order chi connectivity index (χ1) is 11.7. The molecule has 5 heteroatoms. The molecule has 1 aromatic rings. The Morgan fingerprint density at radius 3 is 2.50 bits per heavy atom. The summed E-state index contributed by atoms with van der Waals surface area (Å²) < 4.78 is 0. The molecule has 0 spiro atoms. The van der Waals surface area contributed by atoms with Crippen molar-refractivity contribution in [2.24, 2.45) is 0 Å². The molecule has 1 amide bonds. The third-order valence-corrected chi connectivity index (χ3v) is 5.77. The fourth-order valence-corrected chi connectivity index (χ4v) is 4.43. The number of fused-ring (bicyclic) bond motifs is 1. The zero-order valence-electron chi connectivity index (χ0n) is 15.0. The molecule has 2 rings (SSSR count). The monoisotopic (exact) mass is 347 g/mol. The molecule has 1 aliphatic carbocycles. The number of carbonyl (C=O) groups excluding carboxylic acids is 1. The summed E-state index contributed by atoms with van der Waals surface area (Å²) in [7, 11) is 0. The molecule has 0 aliphatic heterocycles. The van der Waals surface area contributed by atoms with Crippen molar-refractivity contribution in [1.82, 2.24) is 4.90 Å². The average molecular weight is 348 g/mol. The number of nitriles is 1. The molecule has 132 valence electrons. The molecule has 0 radical (unpaired) electrons. The fraction of sp³-hybridized carbons (Fsp3) is 0.684. The molecule has 1 aromatic heterocycles. The van der Waals surface area contributed by atoms with Crippen molar-refractivity contribution >= 4 is 22.2 Å². The van der Waals surface area contributed by atoms with Gasteiger partial charge < -0.3 is 5.32 Å². The van der Waals surface area contributed by atoms with Crippen LogP contribution in [0.4, 0.5) is 5.00 Å². The van der Waals surface area contributed by atoms with Crippen LogP contribution in [0.3, 0.4) is 0 Å². The van der Waals surface area contributed by atoms with E-state index < -0.39 is 0 Å². The van der Waals surface area contributed by atoms with Crippen molar-refractivity contribution in [2.75, 3.05) is 25.0 Å². The van der Waals surface area contributed by atoms with Gasteiger partial charge >= 0.3 is 0 Å². The molecular weight excluding hydrogens is 318 g/mol. The second kappa shape index (κ2) is 9.80. The number of rotatable bonds is 9. The highest BCUT2D eigenvalue weighted by molar-refractivity contribution is 7.16. The Labute approximate surface area is 149 Å². The summed E-state index contributed by atoms with van der Waals surface area (Å²) in [5.41, 5.74) is 1.88. The summed E-state index contributed by atoms with van der Waals surface area (Å²) >= 11 is 1.60. The average Bonchev–Trinajstić information content (AvgIpc) is 2.93. The Morgan fingerprint density at radius 2 is 1.88 bits per heavy atom. The third-order valence-electron chi connectivity index (χ3n) is 4.56. The van der Waals surface area contributed by atoms with Gasteiger partial charge in [0.25, 0.3) is 0 Å². The summed E-state index contributed by atoms with van der Waals surface area (Å²) in [4.78, 5) is 16.0. The molecule has 0 unspecified atom stereocenters. The van der Waals surface area contributed by atoms with Gasteiger partial charge in [0.15, 0.2) is 0 Å². The molecule has 24 heavy (non-hydrogen) atoms. The molecule has 0 bridgehead atoms. The van der Waals surface area contributed by atoms with Crippen molar-refractivity contribution in [3.8, 4) is 6.07 Å². The van der Waals surface area contributed by atoms with E-state index >= 15 is 0 Å². The van der Waals surface area contributed by atoms with Crippen LogP contribution in [-0.2, 0) is 17.6 Å². The number of hydrogen-bond acceptors (Lipinski definition) is 4. The second-order valence-corrected chi connectivity index (χ2v) is 7.66. The van der Waals surface area contributed by atoms with Crippen LogP contribution < -0.4 is 5.32 Å². The van der Waals surface area contributed by atoms with Crippen molar-refractivity contribution in [3.63, 3.8) is 0 Å². The Morgan fingerprint density at radius 1 is 1.21 bits per heavy atom. The van der Waals surface area contributed by atoms with Gasteiger partial charge in [0.2, 0.25) is 5.91 Å². The molecule has 0 saturated carbocycles. The SMILES string of the molecule is CCCCN(CCCC)CC(=O)Nc1sc2c(c1C#N)CCCC2. The first-order valence-electron chi connectivity index (χ1n) is 9.26. The Bertz CT molecular complexity index is 580. The number of carbonyl (C=O) groups is 1. The van der Waals surface area contributed by atoms with Crippen LogP contribution in [0.1, 0.15) is 68.4 Å². The van der Waals surface area contributed by atoms with E-state index in [1.54, 1.807) is 11.3 Å². The predicted octanol–water partition coefficient (Wildman–Crippen LogP) is 4.34. The van der Waals surface area contributed by atoms with Crippen LogP contribution in [0.25, 0.3) is 0 Å². The maximum atomic E-state index is 12.5. The van der Waals surface area contributed by atoms with E-state index in [2.05, 4.69) is 30.1 Å². The van der Waals surface area contributed by atoms with Gasteiger partial charge in [-0.15, -0.1) is 11.3 Å². The minimum Gasteiger partial charge on any atom is -0.315 e. The first kappa shape index (κ1) is 19.0. The van der Waals surface area contributed by atoms with E-state index in [1.807, 2.05) is 0 Å². The molecule has 0 saturated heterocycles. The van der Waals surface area contributed by atoms with Gasteiger partial charge in [-0.05, 0) is 57.2 Å². The molecular formula is C19H29N3OS. The van der Waals surface area contributed by atoms with E-state index in [-0.39, 0.29) is 5.91 Å². The van der Waals surface area contributed by atoms with Crippen LogP contribution in [0.5, 0.6) is 0 Å². The normalized spacial score (nSPS) is 13.6. The van der Waals surface area contributed by atoms with Gasteiger partial charge in [-0.25, -0.2) is 0 Å². The fourth-order valence-electron chi connectivity index (χ4n) is 3.17. The van der Waals surface area contributed by atoms with E-state index in [4.69, 9.17) is 0 Å². The van der Waals surface area contributed by atoms with Crippen LogP contribution >= 0.6 is 11.3 Å². The molecule has 0 atom stereocenters. The Kier molecular flexibility index (Phi) is 7.74. The number of nitrogens with zero attached hydrogens (tertiary/aromatic N) is 2. The van der Waals surface area contributed by atoms with Gasteiger partial charge in [0, 0.05) is 4.88 Å². The predicted molar refractivity (Wildman–Crippen MR) is 101 cm³/mol. The highest BCUT2D eigenvalue weighted by atomic mass is 32.1. The first-order valence-corrected chi connectivity index (χ1v) is 10.1. The van der Waals surface area contributed by atoms with Gasteiger partial charge in [-0.3, -0.25) is 9.69 Å². The number of aryl methyl sites for hydroxylation is 1. The lowest BCUT2D eigenvalue weighted by Crippen LogP contribution is -2.34. The van der Waals surface area contributed by atoms with Crippen LogP contribution in [0, 0.1) is 11.3 Å². The van der Waals surface area contributed by atoms with Crippen molar-refractivity contribution < 1.29 is 4.79 Å². The molecule has 0 aromatic carbocycles. The highest BCUT2D eigenvalue weighted by Gasteiger charge is 2.22. The second-order valence-electron chi connectivity index (χ2n) is 6.56. The smallest absolute Gasteiger partial charge is 0.239 e. The van der Waals surface area contributed by atoms with E-state index in [0.717, 1.165) is 63.0 Å². The minimum atomic E-state index is 0.0114. The summed E-state index contributed by atoms with van der Waals surface area (Å²) in [6.45, 7) is 6.71. The topological polar surface area (TPSA) is 56.1 Å². The van der Waals surface area contributed by atoms with Crippen LogP contribution in [0.2, 0.25) is 0 Å². The van der Waals surface area contributed by atoms with E-state index in [1.165, 1.54) is 16.9 Å². The van der Waals surface area contributed by atoms with E-state index in [0.29, 0.717) is 12.1 Å². The summed E-state index contributed by atoms with van der Waals surface area (Å²) in [5, 5.41) is 13.3. The lowest BCUT2D eigenvalue weighted by molar-refractivity contribution is -0.117. The quantitative estimate of drug-likeness (QED) is 0.723.